The van der Waals surface area contributed by atoms with Crippen LogP contribution in [0.4, 0.5) is 4.39 Å². The van der Waals surface area contributed by atoms with Gasteiger partial charge in [-0.2, -0.15) is 5.10 Å². The van der Waals surface area contributed by atoms with E-state index in [1.165, 1.54) is 6.07 Å². The van der Waals surface area contributed by atoms with Gasteiger partial charge in [0.1, 0.15) is 5.82 Å². The molecule has 5 rings (SSSR count). The fourth-order valence-electron chi connectivity index (χ4n) is 3.96. The zero-order valence-electron chi connectivity index (χ0n) is 16.3. The van der Waals surface area contributed by atoms with E-state index in [0.717, 1.165) is 22.3 Å². The van der Waals surface area contributed by atoms with E-state index >= 15 is 0 Å². The molecule has 4 aromatic rings. The first-order valence-corrected chi connectivity index (χ1v) is 9.67. The molecule has 30 heavy (non-hydrogen) atoms. The quantitative estimate of drug-likeness (QED) is 0.520. The molecule has 1 atom stereocenters. The number of halogens is 1. The average Bonchev–Trinajstić information content (AvgIpc) is 3.42. The Morgan fingerprint density at radius 3 is 2.77 bits per heavy atom. The highest BCUT2D eigenvalue weighted by Gasteiger charge is 2.32. The summed E-state index contributed by atoms with van der Waals surface area (Å²) in [4.78, 5) is 14.9. The van der Waals surface area contributed by atoms with Crippen LogP contribution in [-0.4, -0.2) is 32.3 Å². The van der Waals surface area contributed by atoms with Crippen LogP contribution in [0.3, 0.4) is 0 Å². The maximum atomic E-state index is 13.9. The van der Waals surface area contributed by atoms with Crippen molar-refractivity contribution in [3.05, 3.63) is 95.2 Å². The number of rotatable bonds is 3. The van der Waals surface area contributed by atoms with Crippen molar-refractivity contribution in [1.29, 1.82) is 0 Å². The largest absolute Gasteiger partial charge is 0.355 e. The lowest BCUT2D eigenvalue weighted by molar-refractivity contribution is 0.0714. The van der Waals surface area contributed by atoms with Gasteiger partial charge in [-0.15, -0.1) is 0 Å². The first-order valence-electron chi connectivity index (χ1n) is 9.67. The molecule has 0 spiro atoms. The predicted molar refractivity (Wildman–Crippen MR) is 108 cm³/mol. The van der Waals surface area contributed by atoms with E-state index in [1.807, 2.05) is 43.6 Å². The van der Waals surface area contributed by atoms with Gasteiger partial charge in [-0.05, 0) is 28.8 Å². The van der Waals surface area contributed by atoms with Gasteiger partial charge in [-0.25, -0.2) is 4.39 Å². The van der Waals surface area contributed by atoms with Crippen molar-refractivity contribution < 1.29 is 13.7 Å². The molecular formula is C23H19FN4O2. The van der Waals surface area contributed by atoms with E-state index < -0.39 is 0 Å². The Kier molecular flexibility index (Phi) is 4.43. The molecule has 1 amide bonds. The number of aromatic nitrogens is 3. The monoisotopic (exact) mass is 402 g/mol. The summed E-state index contributed by atoms with van der Waals surface area (Å²) < 4.78 is 21.1. The summed E-state index contributed by atoms with van der Waals surface area (Å²) in [7, 11) is 1.84. The highest BCUT2D eigenvalue weighted by molar-refractivity contribution is 5.93. The predicted octanol–water partition coefficient (Wildman–Crippen LogP) is 4.00. The molecule has 2 aromatic heterocycles. The van der Waals surface area contributed by atoms with Gasteiger partial charge in [-0.1, -0.05) is 41.6 Å². The Labute approximate surface area is 172 Å². The number of benzene rings is 2. The second-order valence-electron chi connectivity index (χ2n) is 7.47. The van der Waals surface area contributed by atoms with Gasteiger partial charge in [0.25, 0.3) is 5.91 Å². The van der Waals surface area contributed by atoms with Crippen molar-refractivity contribution in [2.45, 2.75) is 12.5 Å². The SMILES string of the molecule is Cn1cc(C2CN(C(=O)c3cc(-c4ccccc4)on3)Cc3ccc(F)cc32)cn1. The standard InChI is InChI=1S/C23H19FN4O2/c1-27-12-17(11-25-27)20-14-28(13-16-7-8-18(24)9-19(16)20)23(29)21-10-22(30-26-21)15-5-3-2-4-6-15/h2-12,20H,13-14H2,1H3. The molecule has 2 aromatic carbocycles. The van der Waals surface area contributed by atoms with Gasteiger partial charge in [0.15, 0.2) is 11.5 Å². The Hall–Kier alpha value is -3.74. The number of fused-ring (bicyclic) bond motifs is 1. The lowest BCUT2D eigenvalue weighted by Crippen LogP contribution is -2.38. The molecule has 0 saturated carbocycles. The lowest BCUT2D eigenvalue weighted by Gasteiger charge is -2.34. The highest BCUT2D eigenvalue weighted by Crippen LogP contribution is 2.34. The normalized spacial score (nSPS) is 15.8. The first kappa shape index (κ1) is 18.3. The smallest absolute Gasteiger partial charge is 0.276 e. The van der Waals surface area contributed by atoms with Crippen LogP contribution in [0.1, 0.15) is 33.1 Å². The van der Waals surface area contributed by atoms with Gasteiger partial charge in [0, 0.05) is 43.9 Å². The van der Waals surface area contributed by atoms with Crippen LogP contribution in [0.15, 0.2) is 71.5 Å². The molecule has 150 valence electrons. The van der Waals surface area contributed by atoms with Crippen molar-refractivity contribution in [3.8, 4) is 11.3 Å². The molecular weight excluding hydrogens is 383 g/mol. The Morgan fingerprint density at radius 1 is 1.17 bits per heavy atom. The second kappa shape index (κ2) is 7.26. The summed E-state index contributed by atoms with van der Waals surface area (Å²) in [6, 6.07) is 15.9. The van der Waals surface area contributed by atoms with E-state index in [1.54, 1.807) is 34.0 Å². The molecule has 1 aliphatic heterocycles. The number of carbonyl (C=O) groups excluding carboxylic acids is 1. The van der Waals surface area contributed by atoms with Crippen LogP contribution in [0.25, 0.3) is 11.3 Å². The average molecular weight is 402 g/mol. The first-order chi connectivity index (χ1) is 14.6. The minimum absolute atomic E-state index is 0.164. The molecule has 0 fully saturated rings. The summed E-state index contributed by atoms with van der Waals surface area (Å²) in [6.45, 7) is 0.799. The Morgan fingerprint density at radius 2 is 2.00 bits per heavy atom. The number of aryl methyl sites for hydroxylation is 1. The number of nitrogens with zero attached hydrogens (tertiary/aromatic N) is 4. The third-order valence-corrected chi connectivity index (χ3v) is 5.45. The lowest BCUT2D eigenvalue weighted by atomic mass is 9.86. The van der Waals surface area contributed by atoms with Gasteiger partial charge < -0.3 is 9.42 Å². The van der Waals surface area contributed by atoms with Crippen molar-refractivity contribution in [2.24, 2.45) is 7.05 Å². The number of hydrogen-bond donors (Lipinski definition) is 0. The fraction of sp³-hybridized carbons (Fsp3) is 0.174. The van der Waals surface area contributed by atoms with E-state index in [4.69, 9.17) is 4.52 Å². The molecule has 0 bridgehead atoms. The number of hydrogen-bond acceptors (Lipinski definition) is 4. The maximum Gasteiger partial charge on any atom is 0.276 e. The molecule has 0 radical (unpaired) electrons. The molecule has 7 heteroatoms. The van der Waals surface area contributed by atoms with Gasteiger partial charge in [0.05, 0.1) is 6.20 Å². The topological polar surface area (TPSA) is 64.2 Å². The van der Waals surface area contributed by atoms with Crippen LogP contribution in [0.5, 0.6) is 0 Å². The van der Waals surface area contributed by atoms with E-state index in [0.29, 0.717) is 18.8 Å². The Balaban J connectivity index is 1.47. The highest BCUT2D eigenvalue weighted by atomic mass is 19.1. The molecule has 3 heterocycles. The van der Waals surface area contributed by atoms with Crippen LogP contribution in [0.2, 0.25) is 0 Å². The molecule has 6 nitrogen and oxygen atoms in total. The minimum Gasteiger partial charge on any atom is -0.355 e. The maximum absolute atomic E-state index is 13.9. The Bertz CT molecular complexity index is 1210. The zero-order chi connectivity index (χ0) is 20.7. The van der Waals surface area contributed by atoms with Crippen LogP contribution in [0, 0.1) is 5.82 Å². The zero-order valence-corrected chi connectivity index (χ0v) is 16.3. The van der Waals surface area contributed by atoms with Crippen LogP contribution >= 0.6 is 0 Å². The van der Waals surface area contributed by atoms with Crippen LogP contribution < -0.4 is 0 Å². The van der Waals surface area contributed by atoms with E-state index in [9.17, 15) is 9.18 Å². The number of carbonyl (C=O) groups is 1. The second-order valence-corrected chi connectivity index (χ2v) is 7.47. The third-order valence-electron chi connectivity index (χ3n) is 5.45. The third kappa shape index (κ3) is 3.28. The summed E-state index contributed by atoms with van der Waals surface area (Å²) in [6.07, 6.45) is 3.66. The van der Waals surface area contributed by atoms with E-state index in [-0.39, 0.29) is 23.3 Å². The number of amides is 1. The van der Waals surface area contributed by atoms with Gasteiger partial charge in [-0.3, -0.25) is 9.48 Å². The van der Waals surface area contributed by atoms with E-state index in [2.05, 4.69) is 10.3 Å². The van der Waals surface area contributed by atoms with Gasteiger partial charge in [0.2, 0.25) is 0 Å². The van der Waals surface area contributed by atoms with Crippen molar-refractivity contribution in [3.63, 3.8) is 0 Å². The molecule has 0 saturated heterocycles. The molecule has 1 aliphatic rings. The summed E-state index contributed by atoms with van der Waals surface area (Å²) in [5, 5.41) is 8.24. The summed E-state index contributed by atoms with van der Waals surface area (Å²) in [5.74, 6) is -0.124. The molecule has 0 N–H and O–H groups in total. The minimum atomic E-state index is -0.286. The van der Waals surface area contributed by atoms with Crippen LogP contribution in [-0.2, 0) is 13.6 Å². The van der Waals surface area contributed by atoms with Crippen molar-refractivity contribution >= 4 is 5.91 Å². The van der Waals surface area contributed by atoms with Crippen molar-refractivity contribution in [1.82, 2.24) is 19.8 Å². The summed E-state index contributed by atoms with van der Waals surface area (Å²) >= 11 is 0. The summed E-state index contributed by atoms with van der Waals surface area (Å²) in [5.41, 5.74) is 3.85. The molecule has 0 aliphatic carbocycles. The van der Waals surface area contributed by atoms with Crippen molar-refractivity contribution in [2.75, 3.05) is 6.54 Å². The molecule has 1 unspecified atom stereocenters. The van der Waals surface area contributed by atoms with Gasteiger partial charge >= 0.3 is 0 Å². The fourth-order valence-corrected chi connectivity index (χ4v) is 3.96.